The van der Waals surface area contributed by atoms with Gasteiger partial charge < -0.3 is 24.1 Å². The fraction of sp³-hybridized carbons (Fsp3) is 0.372. The first kappa shape index (κ1) is 37.1. The van der Waals surface area contributed by atoms with Crippen LogP contribution in [-0.4, -0.2) is 73.0 Å². The third-order valence-corrected chi connectivity index (χ3v) is 11.7. The van der Waals surface area contributed by atoms with Gasteiger partial charge in [-0.2, -0.15) is 0 Å². The number of ether oxygens (including phenoxy) is 4. The van der Waals surface area contributed by atoms with E-state index in [2.05, 4.69) is 29.6 Å². The predicted molar refractivity (Wildman–Crippen MR) is 199 cm³/mol. The number of rotatable bonds is 14. The minimum atomic E-state index is -1.25. The van der Waals surface area contributed by atoms with Gasteiger partial charge in [-0.25, -0.2) is 9.18 Å². The van der Waals surface area contributed by atoms with Gasteiger partial charge in [-0.1, -0.05) is 73.7 Å². The van der Waals surface area contributed by atoms with Crippen molar-refractivity contribution in [1.82, 2.24) is 10.2 Å². The lowest BCUT2D eigenvalue weighted by Gasteiger charge is -2.38. The van der Waals surface area contributed by atoms with Gasteiger partial charge in [0.2, 0.25) is 5.91 Å². The molecule has 1 aliphatic heterocycles. The molecule has 2 N–H and O–H groups in total. The molecule has 1 heterocycles. The number of halogens is 1. The van der Waals surface area contributed by atoms with E-state index in [0.29, 0.717) is 29.9 Å². The summed E-state index contributed by atoms with van der Waals surface area (Å²) >= 11 is 0. The van der Waals surface area contributed by atoms with Gasteiger partial charge in [0.25, 0.3) is 5.91 Å². The third kappa shape index (κ3) is 6.82. The highest BCUT2D eigenvalue weighted by Crippen LogP contribution is 2.64. The predicted octanol–water partition coefficient (Wildman–Crippen LogP) is 6.98. The first-order valence-corrected chi connectivity index (χ1v) is 18.2. The molecular weight excluding hydrogens is 691 g/mol. The highest BCUT2D eigenvalue weighted by molar-refractivity contribution is 5.98. The molecule has 2 fully saturated rings. The summed E-state index contributed by atoms with van der Waals surface area (Å²) in [5.41, 5.74) is 5.00. The maximum atomic E-state index is 14.8. The van der Waals surface area contributed by atoms with Gasteiger partial charge in [-0.15, -0.1) is 0 Å². The van der Waals surface area contributed by atoms with Gasteiger partial charge in [0.15, 0.2) is 0 Å². The average molecular weight is 737 g/mol. The van der Waals surface area contributed by atoms with E-state index >= 15 is 0 Å². The van der Waals surface area contributed by atoms with Crippen molar-refractivity contribution in [2.75, 3.05) is 21.3 Å². The summed E-state index contributed by atoms with van der Waals surface area (Å²) in [6.07, 6.45) is -1.39. The Morgan fingerprint density at radius 3 is 2.19 bits per heavy atom. The van der Waals surface area contributed by atoms with Crippen LogP contribution in [0.1, 0.15) is 54.4 Å². The molecule has 54 heavy (non-hydrogen) atoms. The minimum Gasteiger partial charge on any atom is -0.497 e. The lowest BCUT2D eigenvalue weighted by molar-refractivity contribution is -0.143. The second-order valence-corrected chi connectivity index (χ2v) is 14.5. The fourth-order valence-electron chi connectivity index (χ4n) is 8.90. The maximum absolute atomic E-state index is 14.8. The van der Waals surface area contributed by atoms with Gasteiger partial charge >= 0.3 is 6.09 Å². The van der Waals surface area contributed by atoms with E-state index < -0.39 is 53.4 Å². The van der Waals surface area contributed by atoms with Crippen molar-refractivity contribution >= 4 is 17.9 Å². The van der Waals surface area contributed by atoms with Crippen LogP contribution in [0.4, 0.5) is 9.18 Å². The Morgan fingerprint density at radius 2 is 1.56 bits per heavy atom. The van der Waals surface area contributed by atoms with E-state index in [1.165, 1.54) is 54.5 Å². The van der Waals surface area contributed by atoms with E-state index in [1.54, 1.807) is 43.3 Å². The molecule has 4 aromatic rings. The summed E-state index contributed by atoms with van der Waals surface area (Å²) < 4.78 is 37.5. The third-order valence-electron chi connectivity index (χ3n) is 11.7. The van der Waals surface area contributed by atoms with E-state index in [4.69, 9.17) is 18.9 Å². The summed E-state index contributed by atoms with van der Waals surface area (Å²) in [5.74, 6) is -1.62. The molecule has 0 spiro atoms. The Morgan fingerprint density at radius 1 is 0.889 bits per heavy atom. The Hall–Kier alpha value is -5.26. The number of carboxylic acid groups (broad SMARTS) is 1. The molecule has 282 valence electrons. The fourth-order valence-corrected chi connectivity index (χ4v) is 8.90. The van der Waals surface area contributed by atoms with Crippen molar-refractivity contribution in [2.24, 2.45) is 11.8 Å². The molecule has 3 aliphatic rings. The molecule has 0 unspecified atom stereocenters. The van der Waals surface area contributed by atoms with E-state index in [0.717, 1.165) is 6.42 Å². The number of likely N-dealkylation sites (tertiary alicyclic amines) is 1. The molecule has 1 saturated heterocycles. The number of nitrogens with one attached hydrogen (secondary N) is 1. The number of hydrogen-bond donors (Lipinski definition) is 2. The lowest BCUT2D eigenvalue weighted by Crippen LogP contribution is -2.55. The van der Waals surface area contributed by atoms with Crippen LogP contribution < -0.4 is 14.8 Å². The Kier molecular flexibility index (Phi) is 10.5. The normalized spacial score (nSPS) is 21.3. The van der Waals surface area contributed by atoms with Crippen molar-refractivity contribution in [3.05, 3.63) is 119 Å². The topological polar surface area (TPSA) is 124 Å². The van der Waals surface area contributed by atoms with Crippen molar-refractivity contribution in [3.8, 4) is 22.6 Å². The molecule has 0 aromatic heterocycles. The van der Waals surface area contributed by atoms with Crippen LogP contribution in [0.25, 0.3) is 11.1 Å². The zero-order valence-electron chi connectivity index (χ0n) is 30.8. The molecule has 0 radical (unpaired) electrons. The van der Waals surface area contributed by atoms with Crippen molar-refractivity contribution in [3.63, 3.8) is 0 Å². The van der Waals surface area contributed by atoms with E-state index in [9.17, 15) is 23.9 Å². The van der Waals surface area contributed by atoms with Crippen LogP contribution in [0.5, 0.6) is 11.5 Å². The van der Waals surface area contributed by atoms with Gasteiger partial charge in [0.05, 0.1) is 44.4 Å². The number of carbonyl (C=O) groups is 3. The van der Waals surface area contributed by atoms with Crippen LogP contribution >= 0.6 is 0 Å². The van der Waals surface area contributed by atoms with E-state index in [-0.39, 0.29) is 30.4 Å². The number of methoxy groups -OCH3 is 3. The molecule has 1 saturated carbocycles. The lowest BCUT2D eigenvalue weighted by atomic mass is 9.88. The minimum absolute atomic E-state index is 0.0339. The zero-order chi connectivity index (χ0) is 38.1. The number of hydrogen-bond acceptors (Lipinski definition) is 7. The molecule has 0 bridgehead atoms. The first-order chi connectivity index (χ1) is 26.1. The summed E-state index contributed by atoms with van der Waals surface area (Å²) in [5, 5.41) is 13.2. The number of nitrogens with zero attached hydrogens (tertiary/aromatic N) is 1. The summed E-state index contributed by atoms with van der Waals surface area (Å²) in [4.78, 5) is 42.3. The first-order valence-electron chi connectivity index (χ1n) is 18.2. The Balaban J connectivity index is 1.08. The Labute approximate surface area is 314 Å². The Bertz CT molecular complexity index is 2010. The second-order valence-electron chi connectivity index (χ2n) is 14.5. The zero-order valence-corrected chi connectivity index (χ0v) is 30.8. The quantitative estimate of drug-likeness (QED) is 0.142. The van der Waals surface area contributed by atoms with E-state index in [1.807, 2.05) is 24.3 Å². The maximum Gasteiger partial charge on any atom is 0.408 e. The highest BCUT2D eigenvalue weighted by atomic mass is 19.1. The summed E-state index contributed by atoms with van der Waals surface area (Å²) in [7, 11) is 4.50. The van der Waals surface area contributed by atoms with Crippen LogP contribution in [0, 0.1) is 17.7 Å². The van der Waals surface area contributed by atoms with Crippen LogP contribution in [-0.2, 0) is 32.1 Å². The molecule has 2 aliphatic carbocycles. The molecule has 7 rings (SSSR count). The molecule has 3 amide bonds. The van der Waals surface area contributed by atoms with Gasteiger partial charge in [-0.05, 0) is 71.2 Å². The van der Waals surface area contributed by atoms with Gasteiger partial charge in [0.1, 0.15) is 23.4 Å². The number of piperidine rings is 1. The van der Waals surface area contributed by atoms with Gasteiger partial charge in [0, 0.05) is 31.1 Å². The highest BCUT2D eigenvalue weighted by Gasteiger charge is 2.69. The smallest absolute Gasteiger partial charge is 0.408 e. The molecule has 10 nitrogen and oxygen atoms in total. The number of carbonyl (C=O) groups excluding carboxylic acids is 2. The number of benzene rings is 4. The number of fused-ring (bicyclic) bond motifs is 4. The standard InChI is InChI=1S/C43H45FN2O8/c1-25(40(47)45-41(48)38(19-26-11-5-10-16-35(26)44)54-24-27-17-18-29(51-2)21-37(27)52-3)39(53-4)36-20-28-22-43(28,46(36)42(49)50)23-34-32-14-8-6-12-30(32)31-13-7-9-15-33(31)34/h5-18,21,25,28,34,36,38-39H,19-20,22-24H2,1-4H3,(H,49,50)(H,45,47,48)/t25-,28+,36+,38+,39-,43+/m1/s1. The van der Waals surface area contributed by atoms with Gasteiger partial charge in [-0.3, -0.25) is 19.8 Å². The van der Waals surface area contributed by atoms with Crippen LogP contribution in [0.2, 0.25) is 0 Å². The van der Waals surface area contributed by atoms with Crippen molar-refractivity contribution < 1.29 is 42.8 Å². The SMILES string of the molecule is COc1ccc(CO[C@@H](Cc2ccccc2F)C(=O)NC(=O)[C@H](C)[C@@H](OC)[C@@H]2C[C@H]3C[C@@]3(CC3c4ccccc4-c4ccccc43)N2C(=O)O)c(OC)c1. The van der Waals surface area contributed by atoms with Crippen molar-refractivity contribution in [2.45, 2.75) is 68.9 Å². The molecule has 11 heteroatoms. The second kappa shape index (κ2) is 15.2. The molecule has 6 atom stereocenters. The molecule has 4 aromatic carbocycles. The number of imide groups is 1. The number of amides is 3. The molecular formula is C43H45FN2O8. The average Bonchev–Trinajstić information content (AvgIpc) is 3.63. The van der Waals surface area contributed by atoms with Crippen LogP contribution in [0.3, 0.4) is 0 Å². The summed E-state index contributed by atoms with van der Waals surface area (Å²) in [6.45, 7) is 1.56. The van der Waals surface area contributed by atoms with Crippen LogP contribution in [0.15, 0.2) is 91.0 Å². The van der Waals surface area contributed by atoms with Crippen molar-refractivity contribution in [1.29, 1.82) is 0 Å². The monoisotopic (exact) mass is 736 g/mol. The largest absolute Gasteiger partial charge is 0.497 e. The summed E-state index contributed by atoms with van der Waals surface area (Å²) in [6, 6.07) is 27.2.